The van der Waals surface area contributed by atoms with Gasteiger partial charge in [-0.05, 0) is 96.3 Å². The zero-order valence-electron chi connectivity index (χ0n) is 9.07. The van der Waals surface area contributed by atoms with E-state index in [0.29, 0.717) is 0 Å². The van der Waals surface area contributed by atoms with Crippen LogP contribution >= 0.6 is 0 Å². The van der Waals surface area contributed by atoms with E-state index in [0.717, 1.165) is 0 Å². The van der Waals surface area contributed by atoms with Crippen molar-refractivity contribution in [2.24, 2.45) is 0 Å². The molecule has 0 saturated heterocycles. The third kappa shape index (κ3) is 11.8. The Bertz CT molecular complexity index is 64.0. The van der Waals surface area contributed by atoms with E-state index in [4.69, 9.17) is 0 Å². The van der Waals surface area contributed by atoms with E-state index in [-0.39, 0.29) is 40.4 Å². The minimum Gasteiger partial charge on any atom is -0.0312 e. The van der Waals surface area contributed by atoms with Gasteiger partial charge < -0.3 is 0 Å². The maximum Gasteiger partial charge on any atom is 3.00 e. The molecule has 0 spiro atoms. The molecule has 3 aliphatic rings. The quantitative estimate of drug-likeness (QED) is 0.633. The zero-order chi connectivity index (χ0) is 10.6. The van der Waals surface area contributed by atoms with Gasteiger partial charge in [0, 0.05) is 0 Å². The fourth-order valence-electron chi connectivity index (χ4n) is 0.962. The standard InChI is InChI=1S/3C5H5.Sm/c3*1-2-4-5-3-1;/h3*1-5H;/q;;;+3. The third-order valence-electron chi connectivity index (χ3n) is 1.67. The predicted molar refractivity (Wildman–Crippen MR) is 64.5 cm³/mol. The SMILES string of the molecule is [CH]1[CH][CH][CH][CH]1.[CH]1[CH][CH][CH][CH]1.[CH]1[CH][CH][CH][CH]1.[Sm+3]. The van der Waals surface area contributed by atoms with Crippen molar-refractivity contribution in [1.82, 2.24) is 0 Å². The largest absolute Gasteiger partial charge is 3.00 e. The molecule has 0 N–H and O–H groups in total. The molecule has 0 heterocycles. The average molecular weight is 346 g/mol. The van der Waals surface area contributed by atoms with Crippen LogP contribution in [0.4, 0.5) is 0 Å². The fourth-order valence-corrected chi connectivity index (χ4v) is 0.962. The van der Waals surface area contributed by atoms with Crippen molar-refractivity contribution >= 4 is 0 Å². The van der Waals surface area contributed by atoms with E-state index < -0.39 is 0 Å². The molecular weight excluding hydrogens is 331 g/mol. The summed E-state index contributed by atoms with van der Waals surface area (Å²) in [6.07, 6.45) is 30.0. The van der Waals surface area contributed by atoms with Gasteiger partial charge in [-0.1, -0.05) is 0 Å². The number of hydrogen-bond acceptors (Lipinski definition) is 0. The predicted octanol–water partition coefficient (Wildman–Crippen LogP) is 3.06. The summed E-state index contributed by atoms with van der Waals surface area (Å²) in [6.45, 7) is 0. The molecule has 0 amide bonds. The van der Waals surface area contributed by atoms with Crippen LogP contribution in [0.15, 0.2) is 0 Å². The van der Waals surface area contributed by atoms with E-state index in [1.165, 1.54) is 0 Å². The molecule has 16 radical (unpaired) electrons. The maximum atomic E-state index is 2.00. The smallest absolute Gasteiger partial charge is 0.0312 e. The molecule has 0 unspecified atom stereocenters. The van der Waals surface area contributed by atoms with Gasteiger partial charge in [-0.3, -0.25) is 0 Å². The molecule has 78 valence electrons. The molecule has 0 nitrogen and oxygen atoms in total. The monoisotopic (exact) mass is 347 g/mol. The van der Waals surface area contributed by atoms with Crippen LogP contribution < -0.4 is 0 Å². The topological polar surface area (TPSA) is 0 Å². The Kier molecular flexibility index (Phi) is 15.6. The number of hydrogen-bond donors (Lipinski definition) is 0. The van der Waals surface area contributed by atoms with Gasteiger partial charge in [-0.2, -0.15) is 0 Å². The summed E-state index contributed by atoms with van der Waals surface area (Å²) < 4.78 is 0. The molecule has 3 saturated carbocycles. The molecule has 0 aliphatic heterocycles. The van der Waals surface area contributed by atoms with Gasteiger partial charge in [-0.25, -0.2) is 0 Å². The molecule has 0 bridgehead atoms. The van der Waals surface area contributed by atoms with Gasteiger partial charge in [0.25, 0.3) is 0 Å². The average Bonchev–Trinajstić information content (AvgIpc) is 3.09. The summed E-state index contributed by atoms with van der Waals surface area (Å²) in [5, 5.41) is 0. The molecule has 0 aromatic carbocycles. The van der Waals surface area contributed by atoms with E-state index in [1.807, 2.05) is 96.3 Å². The first kappa shape index (κ1) is 17.3. The van der Waals surface area contributed by atoms with Crippen LogP contribution in [-0.4, -0.2) is 0 Å². The van der Waals surface area contributed by atoms with Crippen molar-refractivity contribution in [1.29, 1.82) is 0 Å². The van der Waals surface area contributed by atoms with Gasteiger partial charge >= 0.3 is 40.4 Å². The van der Waals surface area contributed by atoms with Crippen molar-refractivity contribution in [3.8, 4) is 0 Å². The van der Waals surface area contributed by atoms with Crippen molar-refractivity contribution in [2.45, 2.75) is 0 Å². The Morgan fingerprint density at radius 2 is 0.250 bits per heavy atom. The van der Waals surface area contributed by atoms with Crippen molar-refractivity contribution in [2.75, 3.05) is 0 Å². The van der Waals surface area contributed by atoms with Crippen LogP contribution in [0.1, 0.15) is 0 Å². The maximum absolute atomic E-state index is 2.00. The molecule has 0 aromatic rings. The minimum atomic E-state index is 0. The van der Waals surface area contributed by atoms with E-state index in [9.17, 15) is 0 Å². The van der Waals surface area contributed by atoms with Gasteiger partial charge in [0.15, 0.2) is 0 Å². The molecule has 3 aliphatic carbocycles. The van der Waals surface area contributed by atoms with Crippen LogP contribution in [0.2, 0.25) is 0 Å². The Morgan fingerprint density at radius 1 is 0.188 bits per heavy atom. The summed E-state index contributed by atoms with van der Waals surface area (Å²) in [4.78, 5) is 0. The molecular formula is C15H15Sm+3. The second kappa shape index (κ2) is 14.4. The van der Waals surface area contributed by atoms with Crippen molar-refractivity contribution in [3.05, 3.63) is 96.3 Å². The van der Waals surface area contributed by atoms with Crippen LogP contribution in [0, 0.1) is 137 Å². The Labute approximate surface area is 135 Å². The molecule has 0 atom stereocenters. The summed E-state index contributed by atoms with van der Waals surface area (Å²) >= 11 is 0. The Balaban J connectivity index is 0.000000205. The molecule has 0 aromatic heterocycles. The summed E-state index contributed by atoms with van der Waals surface area (Å²) in [5.41, 5.74) is 0. The van der Waals surface area contributed by atoms with Gasteiger partial charge in [0.2, 0.25) is 0 Å². The summed E-state index contributed by atoms with van der Waals surface area (Å²) in [5.74, 6) is 0. The first-order chi connectivity index (χ1) is 7.50. The van der Waals surface area contributed by atoms with E-state index >= 15 is 0 Å². The molecule has 16 heavy (non-hydrogen) atoms. The van der Waals surface area contributed by atoms with Crippen LogP contribution in [0.25, 0.3) is 0 Å². The van der Waals surface area contributed by atoms with E-state index in [1.54, 1.807) is 0 Å². The van der Waals surface area contributed by atoms with Crippen LogP contribution in [-0.2, 0) is 0 Å². The molecule has 3 fully saturated rings. The van der Waals surface area contributed by atoms with Gasteiger partial charge in [-0.15, -0.1) is 0 Å². The Morgan fingerprint density at radius 3 is 0.312 bits per heavy atom. The minimum absolute atomic E-state index is 0. The van der Waals surface area contributed by atoms with Crippen molar-refractivity contribution < 1.29 is 40.4 Å². The van der Waals surface area contributed by atoms with Gasteiger partial charge in [0.1, 0.15) is 0 Å². The molecule has 3 rings (SSSR count). The van der Waals surface area contributed by atoms with Crippen LogP contribution in [0.3, 0.4) is 0 Å². The number of rotatable bonds is 0. The first-order valence-electron chi connectivity index (χ1n) is 5.00. The zero-order valence-corrected chi connectivity index (χ0v) is 11.7. The second-order valence-corrected chi connectivity index (χ2v) is 2.89. The first-order valence-corrected chi connectivity index (χ1v) is 5.00. The fraction of sp³-hybridized carbons (Fsp3) is 0. The third-order valence-corrected chi connectivity index (χ3v) is 1.67. The van der Waals surface area contributed by atoms with E-state index in [2.05, 4.69) is 0 Å². The summed E-state index contributed by atoms with van der Waals surface area (Å²) in [7, 11) is 0. The summed E-state index contributed by atoms with van der Waals surface area (Å²) in [6, 6.07) is 0. The van der Waals surface area contributed by atoms with Crippen LogP contribution in [0.5, 0.6) is 0 Å². The van der Waals surface area contributed by atoms with Crippen molar-refractivity contribution in [3.63, 3.8) is 0 Å². The molecule has 1 heteroatoms. The van der Waals surface area contributed by atoms with Gasteiger partial charge in [0.05, 0.1) is 0 Å². The second-order valence-electron chi connectivity index (χ2n) is 2.89. The Hall–Kier alpha value is 1.34. The normalized spacial score (nSPS) is 22.5.